The number of methoxy groups -OCH3 is 1. The van der Waals surface area contributed by atoms with Gasteiger partial charge in [0.15, 0.2) is 5.75 Å². The van der Waals surface area contributed by atoms with Crippen molar-refractivity contribution in [1.29, 1.82) is 0 Å². The molecule has 0 aliphatic carbocycles. The molecule has 134 valence electrons. The first-order valence-electron chi connectivity index (χ1n) is 8.39. The summed E-state index contributed by atoms with van der Waals surface area (Å²) in [5.41, 5.74) is 1.83. The predicted octanol–water partition coefficient (Wildman–Crippen LogP) is 4.17. The molecule has 0 saturated heterocycles. The zero-order valence-electron chi connectivity index (χ0n) is 14.8. The normalized spacial score (nSPS) is 10.5. The third-order valence-corrected chi connectivity index (χ3v) is 3.53. The maximum Gasteiger partial charge on any atom is 0.224 e. The van der Waals surface area contributed by atoms with Gasteiger partial charge in [-0.25, -0.2) is 0 Å². The highest BCUT2D eigenvalue weighted by Crippen LogP contribution is 2.29. The van der Waals surface area contributed by atoms with E-state index in [2.05, 4.69) is 5.32 Å². The molecule has 2 aromatic rings. The molecule has 2 rings (SSSR count). The number of ether oxygens (including phenoxy) is 3. The first-order chi connectivity index (χ1) is 12.2. The Balaban J connectivity index is 1.85. The van der Waals surface area contributed by atoms with Crippen LogP contribution in [-0.4, -0.2) is 32.8 Å². The summed E-state index contributed by atoms with van der Waals surface area (Å²) in [6, 6.07) is 15.2. The van der Waals surface area contributed by atoms with Gasteiger partial charge in [-0.3, -0.25) is 4.79 Å². The fourth-order valence-corrected chi connectivity index (χ4v) is 2.18. The molecule has 1 N–H and O–H groups in total. The van der Waals surface area contributed by atoms with Gasteiger partial charge in [0.2, 0.25) is 5.91 Å². The van der Waals surface area contributed by atoms with Crippen molar-refractivity contribution in [2.45, 2.75) is 19.8 Å². The monoisotopic (exact) mass is 343 g/mol. The van der Waals surface area contributed by atoms with Crippen LogP contribution in [-0.2, 0) is 14.3 Å². The number of para-hydroxylation sites is 2. The molecule has 0 fully saturated rings. The average Bonchev–Trinajstić information content (AvgIpc) is 2.61. The first-order valence-corrected chi connectivity index (χ1v) is 8.39. The van der Waals surface area contributed by atoms with E-state index in [0.29, 0.717) is 44.1 Å². The van der Waals surface area contributed by atoms with Crippen molar-refractivity contribution >= 4 is 11.6 Å². The molecule has 1 amide bonds. The van der Waals surface area contributed by atoms with E-state index in [1.165, 1.54) is 5.56 Å². The molecule has 0 radical (unpaired) electrons. The second-order valence-corrected chi connectivity index (χ2v) is 5.67. The molecule has 0 saturated carbocycles. The predicted molar refractivity (Wildman–Crippen MR) is 98.3 cm³/mol. The number of carbonyl (C=O) groups excluding carboxylic acids is 1. The van der Waals surface area contributed by atoms with Gasteiger partial charge in [0, 0.05) is 20.1 Å². The quantitative estimate of drug-likeness (QED) is 0.658. The van der Waals surface area contributed by atoms with Crippen LogP contribution in [0, 0.1) is 6.92 Å². The lowest BCUT2D eigenvalue weighted by molar-refractivity contribution is -0.116. The number of rotatable bonds is 10. The van der Waals surface area contributed by atoms with Crippen molar-refractivity contribution in [3.8, 4) is 11.5 Å². The molecule has 0 spiro atoms. The van der Waals surface area contributed by atoms with Gasteiger partial charge < -0.3 is 19.5 Å². The van der Waals surface area contributed by atoms with Gasteiger partial charge in [0.25, 0.3) is 0 Å². The lowest BCUT2D eigenvalue weighted by Gasteiger charge is -2.12. The highest BCUT2D eigenvalue weighted by molar-refractivity contribution is 5.92. The van der Waals surface area contributed by atoms with E-state index in [1.807, 2.05) is 55.5 Å². The lowest BCUT2D eigenvalue weighted by atomic mass is 10.2. The van der Waals surface area contributed by atoms with Crippen LogP contribution >= 0.6 is 0 Å². The second kappa shape index (κ2) is 10.5. The van der Waals surface area contributed by atoms with E-state index in [1.54, 1.807) is 7.11 Å². The lowest BCUT2D eigenvalue weighted by Crippen LogP contribution is -2.13. The molecular weight excluding hydrogens is 318 g/mol. The molecule has 0 bridgehead atoms. The van der Waals surface area contributed by atoms with E-state index in [9.17, 15) is 4.79 Å². The molecule has 25 heavy (non-hydrogen) atoms. The summed E-state index contributed by atoms with van der Waals surface area (Å²) in [5.74, 6) is 1.30. The fourth-order valence-electron chi connectivity index (χ4n) is 2.18. The number of amides is 1. The molecule has 2 aromatic carbocycles. The average molecular weight is 343 g/mol. The zero-order valence-corrected chi connectivity index (χ0v) is 14.8. The van der Waals surface area contributed by atoms with E-state index < -0.39 is 0 Å². The van der Waals surface area contributed by atoms with Gasteiger partial charge >= 0.3 is 0 Å². The Morgan fingerprint density at radius 3 is 2.52 bits per heavy atom. The maximum atomic E-state index is 12.1. The Labute approximate surface area is 148 Å². The molecule has 0 heterocycles. The van der Waals surface area contributed by atoms with Crippen molar-refractivity contribution in [2.75, 3.05) is 32.2 Å². The second-order valence-electron chi connectivity index (χ2n) is 5.67. The minimum Gasteiger partial charge on any atom is -0.455 e. The molecule has 0 aliphatic rings. The summed E-state index contributed by atoms with van der Waals surface area (Å²) < 4.78 is 16.1. The standard InChI is InChI=1S/C20H25NO4/c1-16-9-11-17(12-10-16)25-19-7-4-3-6-18(19)21-20(22)8-5-13-24-15-14-23-2/h3-4,6-7,9-12H,5,8,13-15H2,1-2H3,(H,21,22). The summed E-state index contributed by atoms with van der Waals surface area (Å²) in [7, 11) is 1.63. The van der Waals surface area contributed by atoms with E-state index in [-0.39, 0.29) is 5.91 Å². The Kier molecular flexibility index (Phi) is 7.95. The van der Waals surface area contributed by atoms with Crippen LogP contribution in [0.4, 0.5) is 5.69 Å². The van der Waals surface area contributed by atoms with Crippen LogP contribution in [0.15, 0.2) is 48.5 Å². The van der Waals surface area contributed by atoms with Crippen molar-refractivity contribution in [2.24, 2.45) is 0 Å². The molecular formula is C20H25NO4. The van der Waals surface area contributed by atoms with Gasteiger partial charge in [-0.05, 0) is 37.6 Å². The summed E-state index contributed by atoms with van der Waals surface area (Å²) in [6.07, 6.45) is 1.06. The fraction of sp³-hybridized carbons (Fsp3) is 0.350. The topological polar surface area (TPSA) is 56.8 Å². The number of hydrogen-bond donors (Lipinski definition) is 1. The molecule has 5 heteroatoms. The third kappa shape index (κ3) is 6.95. The molecule has 0 aliphatic heterocycles. The number of nitrogens with one attached hydrogen (secondary N) is 1. The Bertz CT molecular complexity index is 655. The van der Waals surface area contributed by atoms with E-state index in [0.717, 1.165) is 5.75 Å². The minimum absolute atomic E-state index is 0.0599. The number of aryl methyl sites for hydroxylation is 1. The van der Waals surface area contributed by atoms with Gasteiger partial charge in [0.05, 0.1) is 18.9 Å². The number of hydrogen-bond acceptors (Lipinski definition) is 4. The van der Waals surface area contributed by atoms with Crippen molar-refractivity contribution in [3.63, 3.8) is 0 Å². The zero-order chi connectivity index (χ0) is 17.9. The first kappa shape index (κ1) is 19.0. The number of anilines is 1. The molecule has 5 nitrogen and oxygen atoms in total. The SMILES string of the molecule is COCCOCCCC(=O)Nc1ccccc1Oc1ccc(C)cc1. The van der Waals surface area contributed by atoms with E-state index in [4.69, 9.17) is 14.2 Å². The van der Waals surface area contributed by atoms with Gasteiger partial charge in [-0.1, -0.05) is 29.8 Å². The summed E-state index contributed by atoms with van der Waals surface area (Å²) in [6.45, 7) is 3.68. The van der Waals surface area contributed by atoms with Crippen LogP contribution in [0.1, 0.15) is 18.4 Å². The molecule has 0 unspecified atom stereocenters. The Hall–Kier alpha value is -2.37. The van der Waals surface area contributed by atoms with Crippen molar-refractivity contribution in [3.05, 3.63) is 54.1 Å². The van der Waals surface area contributed by atoms with Gasteiger partial charge in [-0.15, -0.1) is 0 Å². The number of benzene rings is 2. The van der Waals surface area contributed by atoms with Crippen molar-refractivity contribution < 1.29 is 19.0 Å². The van der Waals surface area contributed by atoms with Crippen LogP contribution in [0.2, 0.25) is 0 Å². The summed E-state index contributed by atoms with van der Waals surface area (Å²) in [5, 5.41) is 2.90. The largest absolute Gasteiger partial charge is 0.455 e. The summed E-state index contributed by atoms with van der Waals surface area (Å²) >= 11 is 0. The number of carbonyl (C=O) groups is 1. The van der Waals surface area contributed by atoms with Gasteiger partial charge in [-0.2, -0.15) is 0 Å². The third-order valence-electron chi connectivity index (χ3n) is 3.53. The van der Waals surface area contributed by atoms with Crippen LogP contribution < -0.4 is 10.1 Å². The van der Waals surface area contributed by atoms with E-state index >= 15 is 0 Å². The van der Waals surface area contributed by atoms with Crippen molar-refractivity contribution in [1.82, 2.24) is 0 Å². The van der Waals surface area contributed by atoms with Crippen LogP contribution in [0.5, 0.6) is 11.5 Å². The maximum absolute atomic E-state index is 12.1. The minimum atomic E-state index is -0.0599. The molecule has 0 atom stereocenters. The van der Waals surface area contributed by atoms with Crippen LogP contribution in [0.25, 0.3) is 0 Å². The Morgan fingerprint density at radius 1 is 1.00 bits per heavy atom. The van der Waals surface area contributed by atoms with Crippen LogP contribution in [0.3, 0.4) is 0 Å². The molecule has 0 aromatic heterocycles. The summed E-state index contributed by atoms with van der Waals surface area (Å²) in [4.78, 5) is 12.1. The van der Waals surface area contributed by atoms with Gasteiger partial charge in [0.1, 0.15) is 5.75 Å². The Morgan fingerprint density at radius 2 is 1.76 bits per heavy atom. The highest BCUT2D eigenvalue weighted by Gasteiger charge is 2.08. The highest BCUT2D eigenvalue weighted by atomic mass is 16.5. The smallest absolute Gasteiger partial charge is 0.224 e.